The summed E-state index contributed by atoms with van der Waals surface area (Å²) in [6.07, 6.45) is 40.3. The predicted molar refractivity (Wildman–Crippen MR) is 227 cm³/mol. The van der Waals surface area contributed by atoms with Gasteiger partial charge in [-0.15, -0.1) is 0 Å². The van der Waals surface area contributed by atoms with Gasteiger partial charge in [-0.3, -0.25) is 18.3 Å². The van der Waals surface area contributed by atoms with Crippen LogP contribution in [0, 0.1) is 0 Å². The topological polar surface area (TPSA) is 162 Å². The lowest BCUT2D eigenvalue weighted by molar-refractivity contribution is -0.170. The third-order valence-corrected chi connectivity index (χ3v) is 10.3. The smallest absolute Gasteiger partial charge is 0.397 e. The Balaban J connectivity index is 0. The highest BCUT2D eigenvalue weighted by atomic mass is 32.3. The van der Waals surface area contributed by atoms with Gasteiger partial charge in [-0.1, -0.05) is 141 Å². The molecule has 0 saturated carbocycles. The van der Waals surface area contributed by atoms with Gasteiger partial charge in [-0.2, -0.15) is 8.42 Å². The van der Waals surface area contributed by atoms with Gasteiger partial charge in [-0.05, 0) is 78.1 Å². The Morgan fingerprint density at radius 1 is 0.600 bits per heavy atom. The summed E-state index contributed by atoms with van der Waals surface area (Å²) in [7, 11) is -3.29. The quantitative estimate of drug-likeness (QED) is 0.0238. The molecule has 55 heavy (non-hydrogen) atoms. The molecule has 0 fully saturated rings. The van der Waals surface area contributed by atoms with Crippen LogP contribution in [0.1, 0.15) is 214 Å². The number of carbonyl (C=O) groups is 2. The van der Waals surface area contributed by atoms with Crippen LogP contribution in [0.3, 0.4) is 0 Å². The molecular weight excluding hydrogens is 719 g/mol. The van der Waals surface area contributed by atoms with E-state index in [4.69, 9.17) is 19.8 Å². The van der Waals surface area contributed by atoms with Crippen LogP contribution in [0.25, 0.3) is 0 Å². The molecule has 0 aromatic heterocycles. The van der Waals surface area contributed by atoms with E-state index in [2.05, 4.69) is 42.3 Å². The molecule has 3 unspecified atom stereocenters. The van der Waals surface area contributed by atoms with Crippen LogP contribution in [0.5, 0.6) is 0 Å². The summed E-state index contributed by atoms with van der Waals surface area (Å²) in [6, 6.07) is 0. The Kier molecular flexibility index (Phi) is 39.3. The molecule has 0 aliphatic rings. The molecule has 0 heterocycles. The van der Waals surface area contributed by atoms with Gasteiger partial charge in [0.05, 0.1) is 7.11 Å². The van der Waals surface area contributed by atoms with Crippen LogP contribution in [-0.4, -0.2) is 61.5 Å². The molecule has 0 saturated heterocycles. The summed E-state index contributed by atoms with van der Waals surface area (Å²) in [5.41, 5.74) is 4.46. The zero-order valence-corrected chi connectivity index (χ0v) is 36.7. The second-order valence-electron chi connectivity index (χ2n) is 15.2. The molecule has 0 rings (SSSR count). The van der Waals surface area contributed by atoms with Crippen molar-refractivity contribution in [2.45, 2.75) is 232 Å². The van der Waals surface area contributed by atoms with Gasteiger partial charge in [0.2, 0.25) is 0 Å². The first kappa shape index (κ1) is 55.3. The number of ether oxygens (including phenoxy) is 2. The minimum Gasteiger partial charge on any atom is -0.463 e. The van der Waals surface area contributed by atoms with Crippen molar-refractivity contribution < 1.29 is 41.3 Å². The van der Waals surface area contributed by atoms with E-state index in [1.807, 2.05) is 0 Å². The monoisotopic (exact) mass is 804 g/mol. The fourth-order valence-electron chi connectivity index (χ4n) is 6.28. The van der Waals surface area contributed by atoms with E-state index in [-0.39, 0.29) is 24.9 Å². The maximum atomic E-state index is 12.5. The summed E-state index contributed by atoms with van der Waals surface area (Å²) >= 11 is 0. The van der Waals surface area contributed by atoms with Crippen LogP contribution >= 0.6 is 0 Å². The molecule has 3 atom stereocenters. The first-order chi connectivity index (χ1) is 26.3. The average molecular weight is 804 g/mol. The second kappa shape index (κ2) is 39.1. The first-order valence-electron chi connectivity index (χ1n) is 22.0. The largest absolute Gasteiger partial charge is 0.463 e. The molecule has 0 bridgehead atoms. The van der Waals surface area contributed by atoms with Gasteiger partial charge in [0.1, 0.15) is 17.8 Å². The van der Waals surface area contributed by atoms with Gasteiger partial charge in [0.15, 0.2) is 0 Å². The van der Waals surface area contributed by atoms with E-state index in [0.717, 1.165) is 58.5 Å². The molecule has 0 radical (unpaired) electrons. The second-order valence-corrected chi connectivity index (χ2v) is 16.4. The molecule has 4 N–H and O–H groups in total. The van der Waals surface area contributed by atoms with E-state index in [1.54, 1.807) is 13.8 Å². The highest BCUT2D eigenvalue weighted by molar-refractivity contribution is 7.80. The molecule has 0 aliphatic heterocycles. The van der Waals surface area contributed by atoms with Gasteiger partial charge < -0.3 is 20.3 Å². The summed E-state index contributed by atoms with van der Waals surface area (Å²) in [6.45, 7) is 7.87. The molecule has 0 spiro atoms. The predicted octanol–water partition coefficient (Wildman–Crippen LogP) is 11.4. The van der Waals surface area contributed by atoms with Gasteiger partial charge in [0, 0.05) is 25.8 Å². The van der Waals surface area contributed by atoms with Crippen LogP contribution in [0.4, 0.5) is 0 Å². The lowest BCUT2D eigenvalue weighted by Gasteiger charge is -2.34. The van der Waals surface area contributed by atoms with Crippen molar-refractivity contribution in [2.24, 2.45) is 5.73 Å². The number of carbonyl (C=O) groups excluding carboxylic acids is 2. The molecular formula is C44H85NO9S. The zero-order chi connectivity index (χ0) is 41.5. The van der Waals surface area contributed by atoms with Crippen LogP contribution < -0.4 is 5.73 Å². The number of unbranched alkanes of at least 4 members (excludes halogenated alkanes) is 22. The maximum absolute atomic E-state index is 12.5. The summed E-state index contributed by atoms with van der Waals surface area (Å²) in [5, 5.41) is 11.1. The van der Waals surface area contributed by atoms with Gasteiger partial charge >= 0.3 is 22.3 Å². The Morgan fingerprint density at radius 2 is 0.909 bits per heavy atom. The van der Waals surface area contributed by atoms with Gasteiger partial charge in [-0.25, -0.2) is 0 Å². The molecule has 0 aromatic rings. The number of rotatable bonds is 37. The summed E-state index contributed by atoms with van der Waals surface area (Å²) in [4.78, 5) is 24.9. The Hall–Kier alpha value is -1.79. The Bertz CT molecular complexity index is 1050. The fraction of sp³-hybridized carbons (Fsp3) is 0.864. The van der Waals surface area contributed by atoms with Crippen molar-refractivity contribution in [3.05, 3.63) is 24.3 Å². The number of nitrogens with two attached hydrogens (primary N) is 1. The molecule has 10 nitrogen and oxygen atoms in total. The van der Waals surface area contributed by atoms with Crippen LogP contribution in [-0.2, 0) is 33.6 Å². The number of hydrogen-bond donors (Lipinski definition) is 3. The van der Waals surface area contributed by atoms with E-state index in [0.29, 0.717) is 12.8 Å². The Morgan fingerprint density at radius 3 is 1.24 bits per heavy atom. The molecule has 0 aliphatic carbocycles. The van der Waals surface area contributed by atoms with Crippen molar-refractivity contribution in [2.75, 3.05) is 13.7 Å². The van der Waals surface area contributed by atoms with Crippen LogP contribution in [0.15, 0.2) is 24.3 Å². The van der Waals surface area contributed by atoms with Crippen molar-refractivity contribution in [1.29, 1.82) is 0 Å². The summed E-state index contributed by atoms with van der Waals surface area (Å²) < 4.78 is 40.9. The first-order valence-corrected chi connectivity index (χ1v) is 23.4. The molecule has 0 amide bonds. The SMILES string of the molecule is CCCCCCCCC=CCCCCCCCC(=O)OC(C)CC(O)(CN)C(C)OC(=O)CCCCCCCC=CCCCCCCCC.COS(=O)(=O)O. The van der Waals surface area contributed by atoms with Crippen molar-refractivity contribution >= 4 is 22.3 Å². The van der Waals surface area contributed by atoms with Gasteiger partial charge in [0.25, 0.3) is 0 Å². The van der Waals surface area contributed by atoms with E-state index in [9.17, 15) is 23.1 Å². The third-order valence-electron chi connectivity index (χ3n) is 9.89. The normalized spacial score (nSPS) is 14.0. The van der Waals surface area contributed by atoms with Crippen LogP contribution in [0.2, 0.25) is 0 Å². The lowest BCUT2D eigenvalue weighted by atomic mass is 9.91. The van der Waals surface area contributed by atoms with Crippen molar-refractivity contribution in [3.63, 3.8) is 0 Å². The van der Waals surface area contributed by atoms with E-state index in [1.165, 1.54) is 116 Å². The third kappa shape index (κ3) is 40.2. The van der Waals surface area contributed by atoms with E-state index >= 15 is 0 Å². The van der Waals surface area contributed by atoms with Crippen molar-refractivity contribution in [3.8, 4) is 0 Å². The standard InChI is InChI=1S/C43H81NO5.CH4O4S/c1-5-7-9-11-13-15-17-19-21-23-25-27-29-31-33-35-41(45)48-39(3)37-43(47,38-44)40(4)49-42(46)36-34-32-30-28-26-24-22-20-18-16-14-12-10-8-6-2;1-5-6(2,3)4/h19-22,39-40,47H,5-18,23-38,44H2,1-4H3;1H3,(H,2,3,4). The number of esters is 2. The molecule has 11 heteroatoms. The molecule has 0 aromatic carbocycles. The fourth-order valence-corrected chi connectivity index (χ4v) is 6.28. The molecule has 326 valence electrons. The minimum absolute atomic E-state index is 0.0784. The zero-order valence-electron chi connectivity index (χ0n) is 35.9. The maximum Gasteiger partial charge on any atom is 0.397 e. The Labute approximate surface area is 338 Å². The minimum atomic E-state index is -4.16. The number of hydrogen-bond acceptors (Lipinski definition) is 9. The van der Waals surface area contributed by atoms with Crippen molar-refractivity contribution in [1.82, 2.24) is 0 Å². The van der Waals surface area contributed by atoms with E-state index < -0.39 is 28.2 Å². The lowest BCUT2D eigenvalue weighted by Crippen LogP contribution is -2.51. The highest BCUT2D eigenvalue weighted by Crippen LogP contribution is 2.22. The number of allylic oxidation sites excluding steroid dienone is 4. The average Bonchev–Trinajstić information content (AvgIpc) is 3.14. The summed E-state index contributed by atoms with van der Waals surface area (Å²) in [5.74, 6) is -0.566. The highest BCUT2D eigenvalue weighted by Gasteiger charge is 2.37. The number of aliphatic hydroxyl groups is 1.